The molecular formula is C13H12Cl2F3N3O2S. The first-order valence-electron chi connectivity index (χ1n) is 6.48. The quantitative estimate of drug-likeness (QED) is 0.851. The third kappa shape index (κ3) is 3.85. The summed E-state index contributed by atoms with van der Waals surface area (Å²) in [5.74, 6) is 0. The Balaban J connectivity index is 2.28. The zero-order chi connectivity index (χ0) is 18.3. The highest BCUT2D eigenvalue weighted by molar-refractivity contribution is 7.89. The molecule has 1 aromatic carbocycles. The number of hydrogen-bond donors (Lipinski definition) is 1. The fourth-order valence-electron chi connectivity index (χ4n) is 2.07. The second-order valence-corrected chi connectivity index (χ2v) is 7.43. The molecule has 0 bridgehead atoms. The summed E-state index contributed by atoms with van der Waals surface area (Å²) in [6.45, 7) is 1.11. The highest BCUT2D eigenvalue weighted by atomic mass is 35.5. The van der Waals surface area contributed by atoms with Crippen molar-refractivity contribution in [3.05, 3.63) is 45.2 Å². The Morgan fingerprint density at radius 2 is 1.92 bits per heavy atom. The maximum absolute atomic E-state index is 12.8. The lowest BCUT2D eigenvalue weighted by atomic mass is 10.1. The molecule has 0 amide bonds. The van der Waals surface area contributed by atoms with Crippen LogP contribution in [0.15, 0.2) is 23.1 Å². The van der Waals surface area contributed by atoms with Gasteiger partial charge in [0, 0.05) is 13.6 Å². The Hall–Kier alpha value is -1.29. The first-order valence-corrected chi connectivity index (χ1v) is 8.72. The molecule has 11 heteroatoms. The second-order valence-electron chi connectivity index (χ2n) is 4.97. The SMILES string of the molecule is Cc1nn(C)c(Cl)c1S(=O)(=O)NCc1ccc(Cl)c(C(F)(F)F)c1. The first-order chi connectivity index (χ1) is 10.9. The summed E-state index contributed by atoms with van der Waals surface area (Å²) in [7, 11) is -2.56. The van der Waals surface area contributed by atoms with Gasteiger partial charge in [0.1, 0.15) is 10.0 Å². The molecule has 0 atom stereocenters. The van der Waals surface area contributed by atoms with Gasteiger partial charge in [0.05, 0.1) is 16.3 Å². The van der Waals surface area contributed by atoms with E-state index in [1.807, 2.05) is 0 Å². The third-order valence-electron chi connectivity index (χ3n) is 3.17. The van der Waals surface area contributed by atoms with Crippen molar-refractivity contribution >= 4 is 33.2 Å². The molecule has 0 saturated heterocycles. The minimum atomic E-state index is -4.63. The fraction of sp³-hybridized carbons (Fsp3) is 0.308. The molecule has 5 nitrogen and oxygen atoms in total. The van der Waals surface area contributed by atoms with Crippen LogP contribution in [0.3, 0.4) is 0 Å². The van der Waals surface area contributed by atoms with Crippen LogP contribution in [-0.4, -0.2) is 18.2 Å². The standard InChI is InChI=1S/C13H12Cl2F3N3O2S/c1-7-11(12(15)21(2)20-7)24(22,23)19-6-8-3-4-10(14)9(5-8)13(16,17)18/h3-5,19H,6H2,1-2H3. The Bertz CT molecular complexity index is 879. The number of aryl methyl sites for hydroxylation is 2. The molecule has 0 radical (unpaired) electrons. The van der Waals surface area contributed by atoms with Gasteiger partial charge in [-0.15, -0.1) is 0 Å². The van der Waals surface area contributed by atoms with E-state index in [0.29, 0.717) is 0 Å². The maximum atomic E-state index is 12.8. The van der Waals surface area contributed by atoms with Crippen LogP contribution in [0.4, 0.5) is 13.2 Å². The summed E-state index contributed by atoms with van der Waals surface area (Å²) >= 11 is 11.4. The molecular weight excluding hydrogens is 390 g/mol. The summed E-state index contributed by atoms with van der Waals surface area (Å²) < 4.78 is 66.5. The van der Waals surface area contributed by atoms with Crippen LogP contribution in [0, 0.1) is 6.92 Å². The maximum Gasteiger partial charge on any atom is 0.417 e. The van der Waals surface area contributed by atoms with Crippen molar-refractivity contribution in [1.82, 2.24) is 14.5 Å². The summed E-state index contributed by atoms with van der Waals surface area (Å²) in [6.07, 6.45) is -4.63. The lowest BCUT2D eigenvalue weighted by molar-refractivity contribution is -0.137. The van der Waals surface area contributed by atoms with Crippen molar-refractivity contribution in [3.63, 3.8) is 0 Å². The van der Waals surface area contributed by atoms with Gasteiger partial charge in [0.25, 0.3) is 0 Å². The molecule has 24 heavy (non-hydrogen) atoms. The highest BCUT2D eigenvalue weighted by Gasteiger charge is 2.33. The van der Waals surface area contributed by atoms with Crippen molar-refractivity contribution in [1.29, 1.82) is 0 Å². The van der Waals surface area contributed by atoms with Gasteiger partial charge in [-0.1, -0.05) is 29.3 Å². The van der Waals surface area contributed by atoms with Gasteiger partial charge < -0.3 is 0 Å². The van der Waals surface area contributed by atoms with Gasteiger partial charge in [0.2, 0.25) is 10.0 Å². The molecule has 132 valence electrons. The first kappa shape index (κ1) is 19.0. The van der Waals surface area contributed by atoms with E-state index in [1.165, 1.54) is 24.7 Å². The average molecular weight is 402 g/mol. The normalized spacial score (nSPS) is 12.6. The van der Waals surface area contributed by atoms with E-state index in [2.05, 4.69) is 9.82 Å². The Kier molecular flexibility index (Phi) is 5.19. The number of halogens is 5. The molecule has 1 aromatic heterocycles. The van der Waals surface area contributed by atoms with Crippen LogP contribution in [0.1, 0.15) is 16.8 Å². The van der Waals surface area contributed by atoms with Crippen molar-refractivity contribution in [2.75, 3.05) is 0 Å². The van der Waals surface area contributed by atoms with Crippen LogP contribution in [0.2, 0.25) is 10.2 Å². The van der Waals surface area contributed by atoms with E-state index in [9.17, 15) is 21.6 Å². The van der Waals surface area contributed by atoms with Crippen LogP contribution >= 0.6 is 23.2 Å². The molecule has 0 spiro atoms. The van der Waals surface area contributed by atoms with E-state index in [4.69, 9.17) is 23.2 Å². The van der Waals surface area contributed by atoms with Crippen molar-refractivity contribution in [2.45, 2.75) is 24.5 Å². The van der Waals surface area contributed by atoms with Crippen LogP contribution < -0.4 is 4.72 Å². The summed E-state index contributed by atoms with van der Waals surface area (Å²) in [6, 6.07) is 3.16. The van der Waals surface area contributed by atoms with E-state index >= 15 is 0 Å². The molecule has 0 saturated carbocycles. The molecule has 1 heterocycles. The van der Waals surface area contributed by atoms with Crippen LogP contribution in [0.25, 0.3) is 0 Å². The molecule has 0 fully saturated rings. The number of aromatic nitrogens is 2. The Morgan fingerprint density at radius 1 is 1.29 bits per heavy atom. The molecule has 2 aromatic rings. The Morgan fingerprint density at radius 3 is 2.42 bits per heavy atom. The molecule has 0 unspecified atom stereocenters. The predicted octanol–water partition coefficient (Wildman–Crippen LogP) is 3.53. The minimum absolute atomic E-state index is 0.0907. The molecule has 0 aliphatic carbocycles. The molecule has 1 N–H and O–H groups in total. The fourth-order valence-corrected chi connectivity index (χ4v) is 4.05. The number of nitrogens with zero attached hydrogens (tertiary/aromatic N) is 2. The van der Waals surface area contributed by atoms with Crippen molar-refractivity contribution < 1.29 is 21.6 Å². The largest absolute Gasteiger partial charge is 0.417 e. The summed E-state index contributed by atoms with van der Waals surface area (Å²) in [4.78, 5) is -0.211. The molecule has 0 aliphatic heterocycles. The van der Waals surface area contributed by atoms with Gasteiger partial charge in [-0.25, -0.2) is 13.1 Å². The van der Waals surface area contributed by atoms with Gasteiger partial charge >= 0.3 is 6.18 Å². The van der Waals surface area contributed by atoms with Crippen LogP contribution in [-0.2, 0) is 29.8 Å². The average Bonchev–Trinajstić information content (AvgIpc) is 2.70. The van der Waals surface area contributed by atoms with Crippen molar-refractivity contribution in [2.24, 2.45) is 7.05 Å². The zero-order valence-corrected chi connectivity index (χ0v) is 14.8. The van der Waals surface area contributed by atoms with Crippen LogP contribution in [0.5, 0.6) is 0 Å². The topological polar surface area (TPSA) is 64.0 Å². The van der Waals surface area contributed by atoms with Gasteiger partial charge in [-0.3, -0.25) is 4.68 Å². The summed E-state index contributed by atoms with van der Waals surface area (Å²) in [5, 5.41) is 3.34. The van der Waals surface area contributed by atoms with Gasteiger partial charge in [0.15, 0.2) is 0 Å². The zero-order valence-electron chi connectivity index (χ0n) is 12.4. The van der Waals surface area contributed by atoms with E-state index < -0.39 is 26.8 Å². The highest BCUT2D eigenvalue weighted by Crippen LogP contribution is 2.35. The smallest absolute Gasteiger partial charge is 0.255 e. The monoisotopic (exact) mass is 401 g/mol. The second kappa shape index (κ2) is 6.55. The van der Waals surface area contributed by atoms with Crippen molar-refractivity contribution in [3.8, 4) is 0 Å². The van der Waals surface area contributed by atoms with Gasteiger partial charge in [-0.05, 0) is 24.6 Å². The molecule has 0 aliphatic rings. The van der Waals surface area contributed by atoms with Gasteiger partial charge in [-0.2, -0.15) is 18.3 Å². The Labute approximate surface area is 146 Å². The summed E-state index contributed by atoms with van der Waals surface area (Å²) in [5.41, 5.74) is -0.744. The third-order valence-corrected chi connectivity index (χ3v) is 5.60. The van der Waals surface area contributed by atoms with E-state index in [0.717, 1.165) is 12.1 Å². The number of rotatable bonds is 4. The lowest BCUT2D eigenvalue weighted by Gasteiger charge is -2.12. The number of benzene rings is 1. The van der Waals surface area contributed by atoms with E-state index in [1.54, 1.807) is 0 Å². The van der Waals surface area contributed by atoms with E-state index in [-0.39, 0.29) is 27.9 Å². The number of sulfonamides is 1. The number of alkyl halides is 3. The lowest BCUT2D eigenvalue weighted by Crippen LogP contribution is -2.24. The minimum Gasteiger partial charge on any atom is -0.255 e. The number of nitrogens with one attached hydrogen (secondary N) is 1. The molecule has 2 rings (SSSR count). The predicted molar refractivity (Wildman–Crippen MR) is 83.4 cm³/mol. The number of hydrogen-bond acceptors (Lipinski definition) is 3.